The second-order valence-electron chi connectivity index (χ2n) is 7.56. The molecule has 0 aromatic heterocycles. The van der Waals surface area contributed by atoms with Gasteiger partial charge < -0.3 is 0 Å². The Morgan fingerprint density at radius 3 is 1.58 bits per heavy atom. The summed E-state index contributed by atoms with van der Waals surface area (Å²) in [6.45, 7) is 9.76. The van der Waals surface area contributed by atoms with E-state index in [9.17, 15) is 4.79 Å². The SMILES string of the molecule is Cc1ccc(/C=C2/CN(C)C/C(=C/c3ccc(C)cc3C)C2=O)c(C)c1. The number of Topliss-reactive ketones (excluding diaryl/α,β-unsaturated/α-hetero) is 1. The maximum Gasteiger partial charge on any atom is 0.187 e. The van der Waals surface area contributed by atoms with Gasteiger partial charge >= 0.3 is 0 Å². The van der Waals surface area contributed by atoms with Gasteiger partial charge in [0.05, 0.1) is 0 Å². The molecule has 2 heteroatoms. The molecule has 0 spiro atoms. The van der Waals surface area contributed by atoms with Gasteiger partial charge in [-0.25, -0.2) is 0 Å². The van der Waals surface area contributed by atoms with Gasteiger partial charge in [0.25, 0.3) is 0 Å². The van der Waals surface area contributed by atoms with Crippen LogP contribution < -0.4 is 0 Å². The lowest BCUT2D eigenvalue weighted by molar-refractivity contribution is -0.113. The average Bonchev–Trinajstić information content (AvgIpc) is 2.56. The van der Waals surface area contributed by atoms with Crippen molar-refractivity contribution in [2.75, 3.05) is 20.1 Å². The minimum Gasteiger partial charge on any atom is -0.298 e. The summed E-state index contributed by atoms with van der Waals surface area (Å²) in [7, 11) is 2.07. The van der Waals surface area contributed by atoms with E-state index in [1.54, 1.807) is 0 Å². The first-order chi connectivity index (χ1) is 12.3. The first-order valence-electron chi connectivity index (χ1n) is 9.12. The average molecular weight is 345 g/mol. The zero-order valence-corrected chi connectivity index (χ0v) is 16.4. The quantitative estimate of drug-likeness (QED) is 0.722. The molecule has 1 saturated heterocycles. The monoisotopic (exact) mass is 345 g/mol. The summed E-state index contributed by atoms with van der Waals surface area (Å²) in [5.74, 6) is 0.169. The summed E-state index contributed by atoms with van der Waals surface area (Å²) in [4.78, 5) is 15.3. The lowest BCUT2D eigenvalue weighted by atomic mass is 9.92. The summed E-state index contributed by atoms with van der Waals surface area (Å²) in [5.41, 5.74) is 8.87. The van der Waals surface area contributed by atoms with Gasteiger partial charge in [-0.15, -0.1) is 0 Å². The number of hydrogen-bond donors (Lipinski definition) is 0. The van der Waals surface area contributed by atoms with Gasteiger partial charge in [0, 0.05) is 24.2 Å². The maximum atomic E-state index is 13.1. The van der Waals surface area contributed by atoms with Crippen molar-refractivity contribution in [3.05, 3.63) is 80.9 Å². The molecule has 3 rings (SSSR count). The third kappa shape index (κ3) is 4.03. The highest BCUT2D eigenvalue weighted by Crippen LogP contribution is 2.23. The van der Waals surface area contributed by atoms with E-state index >= 15 is 0 Å². The molecule has 0 amide bonds. The molecule has 2 aromatic rings. The topological polar surface area (TPSA) is 20.3 Å². The number of likely N-dealkylation sites (N-methyl/N-ethyl adjacent to an activating group) is 1. The summed E-state index contributed by atoms with van der Waals surface area (Å²) >= 11 is 0. The summed E-state index contributed by atoms with van der Waals surface area (Å²) in [5, 5.41) is 0. The lowest BCUT2D eigenvalue weighted by Gasteiger charge is -2.26. The molecule has 0 bridgehead atoms. The number of likely N-dealkylation sites (tertiary alicyclic amines) is 1. The third-order valence-corrected chi connectivity index (χ3v) is 4.97. The van der Waals surface area contributed by atoms with E-state index in [0.717, 1.165) is 22.3 Å². The summed E-state index contributed by atoms with van der Waals surface area (Å²) < 4.78 is 0. The van der Waals surface area contributed by atoms with Crippen LogP contribution in [0.25, 0.3) is 12.2 Å². The summed E-state index contributed by atoms with van der Waals surface area (Å²) in [6.07, 6.45) is 4.12. The van der Waals surface area contributed by atoms with Crippen LogP contribution >= 0.6 is 0 Å². The molecular formula is C24H27NO. The first kappa shape index (κ1) is 18.3. The molecule has 134 valence electrons. The second-order valence-corrected chi connectivity index (χ2v) is 7.56. The van der Waals surface area contributed by atoms with Gasteiger partial charge in [0.2, 0.25) is 0 Å². The van der Waals surface area contributed by atoms with Crippen molar-refractivity contribution in [1.82, 2.24) is 4.90 Å². The van der Waals surface area contributed by atoms with Crippen LogP contribution in [0.5, 0.6) is 0 Å². The Bertz CT molecular complexity index is 844. The largest absolute Gasteiger partial charge is 0.298 e. The minimum atomic E-state index is 0.169. The van der Waals surface area contributed by atoms with Gasteiger partial charge in [-0.05, 0) is 69.1 Å². The standard InChI is InChI=1S/C24H27NO/c1-16-6-8-20(18(3)10-16)12-22-14-25(5)15-23(24(22)26)13-21-9-7-17(2)11-19(21)4/h6-13H,14-15H2,1-5H3/b22-12-,23-13-. The van der Waals surface area contributed by atoms with E-state index < -0.39 is 0 Å². The number of nitrogens with zero attached hydrogens (tertiary/aromatic N) is 1. The number of rotatable bonds is 2. The van der Waals surface area contributed by atoms with E-state index in [2.05, 4.69) is 88.2 Å². The van der Waals surface area contributed by atoms with Gasteiger partial charge in [0.15, 0.2) is 5.78 Å². The fourth-order valence-electron chi connectivity index (χ4n) is 3.56. The van der Waals surface area contributed by atoms with Crippen LogP contribution in [0.2, 0.25) is 0 Å². The number of hydrogen-bond acceptors (Lipinski definition) is 2. The van der Waals surface area contributed by atoms with Gasteiger partial charge in [-0.2, -0.15) is 0 Å². The van der Waals surface area contributed by atoms with Crippen molar-refractivity contribution in [3.63, 3.8) is 0 Å². The van der Waals surface area contributed by atoms with Crippen LogP contribution in [0.15, 0.2) is 47.5 Å². The van der Waals surface area contributed by atoms with E-state index in [0.29, 0.717) is 13.1 Å². The lowest BCUT2D eigenvalue weighted by Crippen LogP contribution is -2.34. The number of carbonyl (C=O) groups excluding carboxylic acids is 1. The highest BCUT2D eigenvalue weighted by atomic mass is 16.1. The van der Waals surface area contributed by atoms with Crippen LogP contribution in [0.4, 0.5) is 0 Å². The molecular weight excluding hydrogens is 318 g/mol. The van der Waals surface area contributed by atoms with Crippen molar-refractivity contribution < 1.29 is 4.79 Å². The van der Waals surface area contributed by atoms with E-state index in [1.165, 1.54) is 22.3 Å². The molecule has 0 saturated carbocycles. The number of piperidine rings is 1. The van der Waals surface area contributed by atoms with Gasteiger partial charge in [-0.3, -0.25) is 9.69 Å². The van der Waals surface area contributed by atoms with E-state index in [-0.39, 0.29) is 5.78 Å². The molecule has 0 atom stereocenters. The number of benzene rings is 2. The predicted molar refractivity (Wildman–Crippen MR) is 110 cm³/mol. The summed E-state index contributed by atoms with van der Waals surface area (Å²) in [6, 6.07) is 12.7. The van der Waals surface area contributed by atoms with E-state index in [1.807, 2.05) is 0 Å². The van der Waals surface area contributed by atoms with Crippen molar-refractivity contribution in [1.29, 1.82) is 0 Å². The van der Waals surface area contributed by atoms with Crippen LogP contribution in [0.1, 0.15) is 33.4 Å². The highest BCUT2D eigenvalue weighted by Gasteiger charge is 2.24. The molecule has 1 aliphatic heterocycles. The third-order valence-electron chi connectivity index (χ3n) is 4.97. The molecule has 0 aliphatic carbocycles. The number of carbonyl (C=O) groups is 1. The second kappa shape index (κ2) is 7.43. The zero-order chi connectivity index (χ0) is 18.8. The highest BCUT2D eigenvalue weighted by molar-refractivity contribution is 6.14. The molecule has 1 aliphatic rings. The fraction of sp³-hybridized carbons (Fsp3) is 0.292. The number of aryl methyl sites for hydroxylation is 4. The fourth-order valence-corrected chi connectivity index (χ4v) is 3.56. The Balaban J connectivity index is 1.97. The van der Waals surface area contributed by atoms with Crippen LogP contribution in [0, 0.1) is 27.7 Å². The van der Waals surface area contributed by atoms with E-state index in [4.69, 9.17) is 0 Å². The predicted octanol–water partition coefficient (Wildman–Crippen LogP) is 4.90. The normalized spacial score (nSPS) is 18.7. The first-order valence-corrected chi connectivity index (χ1v) is 9.12. The Morgan fingerprint density at radius 1 is 0.769 bits per heavy atom. The van der Waals surface area contributed by atoms with Crippen molar-refractivity contribution in [2.45, 2.75) is 27.7 Å². The Kier molecular flexibility index (Phi) is 5.24. The molecule has 2 nitrogen and oxygen atoms in total. The zero-order valence-electron chi connectivity index (χ0n) is 16.4. The maximum absolute atomic E-state index is 13.1. The molecule has 1 fully saturated rings. The van der Waals surface area contributed by atoms with Gasteiger partial charge in [-0.1, -0.05) is 47.5 Å². The minimum absolute atomic E-state index is 0.169. The Labute approximate surface area is 156 Å². The molecule has 1 heterocycles. The van der Waals surface area contributed by atoms with Crippen LogP contribution in [-0.2, 0) is 4.79 Å². The Morgan fingerprint density at radius 2 is 1.19 bits per heavy atom. The van der Waals surface area contributed by atoms with Crippen molar-refractivity contribution in [3.8, 4) is 0 Å². The molecule has 0 N–H and O–H groups in total. The molecule has 2 aromatic carbocycles. The molecule has 0 radical (unpaired) electrons. The van der Waals surface area contributed by atoms with Crippen LogP contribution in [0.3, 0.4) is 0 Å². The van der Waals surface area contributed by atoms with Crippen molar-refractivity contribution in [2.24, 2.45) is 0 Å². The smallest absolute Gasteiger partial charge is 0.187 e. The van der Waals surface area contributed by atoms with Crippen molar-refractivity contribution >= 4 is 17.9 Å². The van der Waals surface area contributed by atoms with Gasteiger partial charge in [0.1, 0.15) is 0 Å². The molecule has 26 heavy (non-hydrogen) atoms. The number of ketones is 1. The van der Waals surface area contributed by atoms with Crippen LogP contribution in [-0.4, -0.2) is 30.8 Å². The molecule has 0 unspecified atom stereocenters. The Hall–Kier alpha value is -2.45.